The van der Waals surface area contributed by atoms with Crippen LogP contribution >= 0.6 is 11.8 Å². The quantitative estimate of drug-likeness (QED) is 0.305. The maximum absolute atomic E-state index is 12.5. The SMILES string of the molecule is CC(=O)OCC1=C(C(=O)O)N2C(=O)C(NC(=O)Cn3ccnc3[S+](C)[O-])C2SC1. The summed E-state index contributed by atoms with van der Waals surface area (Å²) in [7, 11) is 0. The van der Waals surface area contributed by atoms with Gasteiger partial charge in [0.2, 0.25) is 5.91 Å². The molecule has 11 nitrogen and oxygen atoms in total. The van der Waals surface area contributed by atoms with Gasteiger partial charge in [0.15, 0.2) is 0 Å². The van der Waals surface area contributed by atoms with E-state index in [1.807, 2.05) is 0 Å². The number of nitrogens with zero attached hydrogens (tertiary/aromatic N) is 3. The van der Waals surface area contributed by atoms with Crippen LogP contribution in [0.1, 0.15) is 6.92 Å². The number of ether oxygens (including phenoxy) is 1. The minimum atomic E-state index is -1.37. The number of carboxylic acid groups (broad SMARTS) is 1. The molecule has 0 aromatic carbocycles. The Labute approximate surface area is 172 Å². The molecule has 1 saturated heterocycles. The normalized spacial score (nSPS) is 21.9. The molecular weight excluding hydrogens is 424 g/mol. The second-order valence-electron chi connectivity index (χ2n) is 6.28. The van der Waals surface area contributed by atoms with Crippen LogP contribution in [0.25, 0.3) is 0 Å². The van der Waals surface area contributed by atoms with Crippen LogP contribution in [0.3, 0.4) is 0 Å². The van der Waals surface area contributed by atoms with Gasteiger partial charge in [-0.1, -0.05) is 0 Å². The first kappa shape index (κ1) is 21.2. The van der Waals surface area contributed by atoms with Crippen molar-refractivity contribution in [3.63, 3.8) is 0 Å². The van der Waals surface area contributed by atoms with E-state index in [-0.39, 0.29) is 29.8 Å². The molecule has 0 aliphatic carbocycles. The lowest BCUT2D eigenvalue weighted by Gasteiger charge is -2.49. The molecule has 29 heavy (non-hydrogen) atoms. The molecule has 0 saturated carbocycles. The van der Waals surface area contributed by atoms with E-state index in [4.69, 9.17) is 4.74 Å². The van der Waals surface area contributed by atoms with Gasteiger partial charge in [-0.15, -0.1) is 11.8 Å². The Morgan fingerprint density at radius 1 is 1.48 bits per heavy atom. The van der Waals surface area contributed by atoms with Crippen LogP contribution in [0.5, 0.6) is 0 Å². The molecule has 3 unspecified atom stereocenters. The van der Waals surface area contributed by atoms with Crippen LogP contribution in [0.2, 0.25) is 0 Å². The van der Waals surface area contributed by atoms with E-state index in [2.05, 4.69) is 10.3 Å². The zero-order valence-electron chi connectivity index (χ0n) is 15.5. The standard InChI is InChI=1S/C16H18N4O7S2/c1-8(21)27-6-9-7-28-14-11(13(23)20(14)12(9)15(24)25)18-10(22)5-19-4-3-17-16(19)29(2)26/h3-4,11,14H,5-7H2,1-2H3,(H,18,22)(H,24,25). The van der Waals surface area contributed by atoms with Gasteiger partial charge in [0.05, 0.1) is 6.20 Å². The number of imidazole rings is 1. The summed E-state index contributed by atoms with van der Waals surface area (Å²) in [6.07, 6.45) is 4.37. The molecule has 156 valence electrons. The largest absolute Gasteiger partial charge is 0.609 e. The molecule has 1 aromatic heterocycles. The highest BCUT2D eigenvalue weighted by atomic mass is 32.2. The number of hydrogen-bond donors (Lipinski definition) is 2. The van der Waals surface area contributed by atoms with Gasteiger partial charge in [0.1, 0.15) is 36.5 Å². The van der Waals surface area contributed by atoms with Crippen LogP contribution in [-0.4, -0.2) is 77.9 Å². The summed E-state index contributed by atoms with van der Waals surface area (Å²) in [5.41, 5.74) is 0.101. The van der Waals surface area contributed by atoms with Crippen LogP contribution in [0.15, 0.2) is 28.8 Å². The first-order chi connectivity index (χ1) is 13.7. The second-order valence-corrected chi connectivity index (χ2v) is 8.66. The summed E-state index contributed by atoms with van der Waals surface area (Å²) >= 11 is -0.100. The highest BCUT2D eigenvalue weighted by Gasteiger charge is 2.54. The number of aromatic nitrogens is 2. The van der Waals surface area contributed by atoms with E-state index >= 15 is 0 Å². The number of thioether (sulfide) groups is 1. The van der Waals surface area contributed by atoms with Gasteiger partial charge in [0, 0.05) is 35.6 Å². The van der Waals surface area contributed by atoms with E-state index in [0.717, 1.165) is 4.90 Å². The number of hydrogen-bond acceptors (Lipinski definition) is 8. The monoisotopic (exact) mass is 442 g/mol. The predicted octanol–water partition coefficient (Wildman–Crippen LogP) is -1.08. The second kappa shape index (κ2) is 8.47. The fourth-order valence-electron chi connectivity index (χ4n) is 3.03. The maximum atomic E-state index is 12.5. The summed E-state index contributed by atoms with van der Waals surface area (Å²) in [5.74, 6) is -2.65. The van der Waals surface area contributed by atoms with Crippen molar-refractivity contribution in [1.29, 1.82) is 0 Å². The Bertz CT molecular complexity index is 898. The number of esters is 1. The Balaban J connectivity index is 1.69. The molecule has 2 aliphatic heterocycles. The summed E-state index contributed by atoms with van der Waals surface area (Å²) in [6, 6.07) is -0.878. The molecule has 1 aromatic rings. The Hall–Kier alpha value is -2.51. The number of carbonyl (C=O) groups is 4. The van der Waals surface area contributed by atoms with E-state index in [0.29, 0.717) is 5.57 Å². The molecule has 3 atom stereocenters. The Morgan fingerprint density at radius 2 is 2.21 bits per heavy atom. The topological polar surface area (TPSA) is 154 Å². The number of carboxylic acids is 1. The predicted molar refractivity (Wildman–Crippen MR) is 101 cm³/mol. The smallest absolute Gasteiger partial charge is 0.352 e. The average molecular weight is 442 g/mol. The van der Waals surface area contributed by atoms with Crippen LogP contribution < -0.4 is 5.32 Å². The van der Waals surface area contributed by atoms with Crippen molar-refractivity contribution in [2.45, 2.75) is 30.0 Å². The fraction of sp³-hybridized carbons (Fsp3) is 0.438. The van der Waals surface area contributed by atoms with Gasteiger partial charge in [-0.3, -0.25) is 23.9 Å². The van der Waals surface area contributed by atoms with Gasteiger partial charge in [-0.2, -0.15) is 4.98 Å². The number of rotatable bonds is 7. The molecule has 13 heteroatoms. The van der Waals surface area contributed by atoms with Crippen molar-refractivity contribution >= 4 is 46.7 Å². The summed E-state index contributed by atoms with van der Waals surface area (Å²) < 4.78 is 17.9. The Morgan fingerprint density at radius 3 is 2.83 bits per heavy atom. The summed E-state index contributed by atoms with van der Waals surface area (Å²) in [5, 5.41) is 11.8. The minimum Gasteiger partial charge on any atom is -0.609 e. The van der Waals surface area contributed by atoms with Crippen molar-refractivity contribution in [2.24, 2.45) is 0 Å². The van der Waals surface area contributed by atoms with Crippen molar-refractivity contribution in [3.8, 4) is 0 Å². The van der Waals surface area contributed by atoms with Crippen molar-refractivity contribution in [1.82, 2.24) is 19.8 Å². The first-order valence-corrected chi connectivity index (χ1v) is 11.0. The van der Waals surface area contributed by atoms with E-state index in [9.17, 15) is 28.8 Å². The number of aliphatic carboxylic acids is 1. The third-order valence-electron chi connectivity index (χ3n) is 4.26. The molecule has 1 fully saturated rings. The zero-order valence-corrected chi connectivity index (χ0v) is 17.1. The molecule has 2 N–H and O–H groups in total. The summed E-state index contributed by atoms with van der Waals surface area (Å²) in [4.78, 5) is 52.6. The van der Waals surface area contributed by atoms with Gasteiger partial charge in [-0.05, 0) is 0 Å². The van der Waals surface area contributed by atoms with Gasteiger partial charge in [0.25, 0.3) is 5.91 Å². The van der Waals surface area contributed by atoms with Crippen molar-refractivity contribution < 1.29 is 33.6 Å². The number of fused-ring (bicyclic) bond motifs is 1. The van der Waals surface area contributed by atoms with Crippen molar-refractivity contribution in [3.05, 3.63) is 23.7 Å². The Kier molecular flexibility index (Phi) is 6.19. The third kappa shape index (κ3) is 4.26. The number of nitrogens with one attached hydrogen (secondary N) is 1. The molecule has 2 amide bonds. The fourth-order valence-corrected chi connectivity index (χ4v) is 5.02. The zero-order chi connectivity index (χ0) is 21.3. The molecule has 3 rings (SSSR count). The van der Waals surface area contributed by atoms with Crippen molar-refractivity contribution in [2.75, 3.05) is 18.6 Å². The lowest BCUT2D eigenvalue weighted by molar-refractivity contribution is -0.151. The lowest BCUT2D eigenvalue weighted by atomic mass is 10.0. The minimum absolute atomic E-state index is 0.171. The van der Waals surface area contributed by atoms with Gasteiger partial charge >= 0.3 is 17.1 Å². The molecule has 2 aliphatic rings. The highest BCUT2D eigenvalue weighted by molar-refractivity contribution is 8.00. The molecular formula is C16H18N4O7S2. The van der Waals surface area contributed by atoms with Crippen LogP contribution in [0.4, 0.5) is 0 Å². The molecule has 0 radical (unpaired) electrons. The third-order valence-corrected chi connectivity index (χ3v) is 6.46. The molecule has 0 spiro atoms. The summed E-state index contributed by atoms with van der Waals surface area (Å²) in [6.45, 7) is 0.824. The van der Waals surface area contributed by atoms with E-state index in [1.54, 1.807) is 0 Å². The highest BCUT2D eigenvalue weighted by Crippen LogP contribution is 2.40. The van der Waals surface area contributed by atoms with Crippen LogP contribution in [-0.2, 0) is 41.6 Å². The first-order valence-electron chi connectivity index (χ1n) is 8.38. The number of carbonyl (C=O) groups excluding carboxylic acids is 3. The van der Waals surface area contributed by atoms with Gasteiger partial charge < -0.3 is 19.7 Å². The van der Waals surface area contributed by atoms with E-state index < -0.39 is 46.3 Å². The average Bonchev–Trinajstić information content (AvgIpc) is 3.11. The molecule has 0 bridgehead atoms. The lowest BCUT2D eigenvalue weighted by Crippen LogP contribution is -2.70. The molecule has 3 heterocycles. The maximum Gasteiger partial charge on any atom is 0.352 e. The van der Waals surface area contributed by atoms with Crippen LogP contribution in [0, 0.1) is 0 Å². The number of amides is 2. The van der Waals surface area contributed by atoms with Gasteiger partial charge in [-0.25, -0.2) is 4.79 Å². The number of β-lactam (4-membered cyclic amide) rings is 1. The van der Waals surface area contributed by atoms with E-state index in [1.165, 1.54) is 41.9 Å².